The second-order valence-corrected chi connectivity index (χ2v) is 5.39. The summed E-state index contributed by atoms with van der Waals surface area (Å²) in [4.78, 5) is 20.5. The molecule has 5 nitrogen and oxygen atoms in total. The van der Waals surface area contributed by atoms with E-state index in [9.17, 15) is 4.79 Å². The maximum Gasteiger partial charge on any atom is 0.232 e. The van der Waals surface area contributed by atoms with E-state index >= 15 is 0 Å². The van der Waals surface area contributed by atoms with Gasteiger partial charge in [-0.3, -0.25) is 9.79 Å². The van der Waals surface area contributed by atoms with E-state index < -0.39 is 0 Å². The molecule has 1 atom stereocenters. The van der Waals surface area contributed by atoms with Crippen molar-refractivity contribution in [3.05, 3.63) is 29.8 Å². The predicted octanol–water partition coefficient (Wildman–Crippen LogP) is 1.59. The van der Waals surface area contributed by atoms with Crippen LogP contribution in [0.1, 0.15) is 17.9 Å². The molecular formula is C15H22N4O. The van der Waals surface area contributed by atoms with Gasteiger partial charge < -0.3 is 15.1 Å². The van der Waals surface area contributed by atoms with Gasteiger partial charge in [-0.05, 0) is 18.1 Å². The Kier molecular flexibility index (Phi) is 4.27. The molecule has 108 valence electrons. The third kappa shape index (κ3) is 2.92. The number of nitrogens with one attached hydrogen (secondary N) is 1. The van der Waals surface area contributed by atoms with Gasteiger partial charge in [-0.2, -0.15) is 0 Å². The van der Waals surface area contributed by atoms with Gasteiger partial charge in [0.15, 0.2) is 5.96 Å². The number of hydrogen-bond donors (Lipinski definition) is 1. The SMILES string of the molecule is CN(C)C(=NCCC1C(=O)Nc2ccccc21)N(C)C. The number of benzene rings is 1. The minimum Gasteiger partial charge on any atom is -0.349 e. The van der Waals surface area contributed by atoms with Gasteiger partial charge in [-0.1, -0.05) is 18.2 Å². The molecule has 1 aliphatic heterocycles. The molecule has 1 amide bonds. The molecule has 0 spiro atoms. The normalized spacial score (nSPS) is 16.4. The molecule has 0 aromatic heterocycles. The fourth-order valence-electron chi connectivity index (χ4n) is 2.54. The van der Waals surface area contributed by atoms with E-state index in [-0.39, 0.29) is 11.8 Å². The summed E-state index contributed by atoms with van der Waals surface area (Å²) in [6.45, 7) is 0.637. The number of guanidine groups is 1. The molecule has 0 fully saturated rings. The van der Waals surface area contributed by atoms with Crippen LogP contribution in [0.4, 0.5) is 5.69 Å². The minimum absolute atomic E-state index is 0.0812. The molecule has 0 aliphatic carbocycles. The van der Waals surface area contributed by atoms with Crippen LogP contribution in [0.15, 0.2) is 29.3 Å². The van der Waals surface area contributed by atoms with Crippen molar-refractivity contribution in [2.45, 2.75) is 12.3 Å². The lowest BCUT2D eigenvalue weighted by Crippen LogP contribution is -2.35. The quantitative estimate of drug-likeness (QED) is 0.672. The third-order valence-corrected chi connectivity index (χ3v) is 3.38. The minimum atomic E-state index is -0.0828. The molecule has 1 unspecified atom stereocenters. The first-order chi connectivity index (χ1) is 9.50. The van der Waals surface area contributed by atoms with Crippen molar-refractivity contribution in [2.24, 2.45) is 4.99 Å². The van der Waals surface area contributed by atoms with E-state index in [0.29, 0.717) is 6.54 Å². The van der Waals surface area contributed by atoms with Gasteiger partial charge >= 0.3 is 0 Å². The molecule has 0 saturated carbocycles. The number of rotatable bonds is 3. The van der Waals surface area contributed by atoms with Crippen molar-refractivity contribution in [2.75, 3.05) is 40.1 Å². The predicted molar refractivity (Wildman–Crippen MR) is 82.1 cm³/mol. The van der Waals surface area contributed by atoms with Crippen LogP contribution in [0.5, 0.6) is 0 Å². The van der Waals surface area contributed by atoms with Crippen molar-refractivity contribution < 1.29 is 4.79 Å². The van der Waals surface area contributed by atoms with Crippen LogP contribution in [0.2, 0.25) is 0 Å². The molecule has 5 heteroatoms. The molecule has 1 aromatic carbocycles. The molecule has 1 aliphatic rings. The Morgan fingerprint density at radius 3 is 2.50 bits per heavy atom. The number of nitrogens with zero attached hydrogens (tertiary/aromatic N) is 3. The third-order valence-electron chi connectivity index (χ3n) is 3.38. The van der Waals surface area contributed by atoms with E-state index in [1.165, 1.54) is 0 Å². The van der Waals surface area contributed by atoms with E-state index in [4.69, 9.17) is 0 Å². The summed E-state index contributed by atoms with van der Waals surface area (Å²) >= 11 is 0. The van der Waals surface area contributed by atoms with Crippen LogP contribution in [0, 0.1) is 0 Å². The van der Waals surface area contributed by atoms with Gasteiger partial charge in [0.2, 0.25) is 5.91 Å². The highest BCUT2D eigenvalue weighted by Crippen LogP contribution is 2.34. The Bertz CT molecular complexity index is 512. The first-order valence-corrected chi connectivity index (χ1v) is 6.79. The van der Waals surface area contributed by atoms with E-state index in [1.807, 2.05) is 62.3 Å². The van der Waals surface area contributed by atoms with Crippen LogP contribution >= 0.6 is 0 Å². The highest BCUT2D eigenvalue weighted by Gasteiger charge is 2.29. The summed E-state index contributed by atoms with van der Waals surface area (Å²) in [6.07, 6.45) is 0.730. The fourth-order valence-corrected chi connectivity index (χ4v) is 2.54. The number of amides is 1. The molecule has 1 heterocycles. The summed E-state index contributed by atoms with van der Waals surface area (Å²) in [7, 11) is 7.87. The van der Waals surface area contributed by atoms with E-state index in [1.54, 1.807) is 0 Å². The molecular weight excluding hydrogens is 252 g/mol. The molecule has 20 heavy (non-hydrogen) atoms. The fraction of sp³-hybridized carbons (Fsp3) is 0.467. The number of fused-ring (bicyclic) bond motifs is 1. The van der Waals surface area contributed by atoms with Gasteiger partial charge in [-0.15, -0.1) is 0 Å². The second kappa shape index (κ2) is 5.94. The van der Waals surface area contributed by atoms with Crippen molar-refractivity contribution in [1.82, 2.24) is 9.80 Å². The van der Waals surface area contributed by atoms with Crippen molar-refractivity contribution in [1.29, 1.82) is 0 Å². The van der Waals surface area contributed by atoms with E-state index in [2.05, 4.69) is 10.3 Å². The summed E-state index contributed by atoms with van der Waals surface area (Å²) < 4.78 is 0. The first-order valence-electron chi connectivity index (χ1n) is 6.79. The highest BCUT2D eigenvalue weighted by molar-refractivity contribution is 6.02. The number of aliphatic imine (C=N–C) groups is 1. The van der Waals surface area contributed by atoms with Crippen molar-refractivity contribution in [3.63, 3.8) is 0 Å². The number of hydrogen-bond acceptors (Lipinski definition) is 2. The Labute approximate surface area is 120 Å². The monoisotopic (exact) mass is 274 g/mol. The van der Waals surface area contributed by atoms with Crippen molar-refractivity contribution in [3.8, 4) is 0 Å². The average Bonchev–Trinajstić information content (AvgIpc) is 2.69. The lowest BCUT2D eigenvalue weighted by Gasteiger charge is -2.22. The van der Waals surface area contributed by atoms with Gasteiger partial charge in [0.25, 0.3) is 0 Å². The van der Waals surface area contributed by atoms with Crippen LogP contribution in [-0.2, 0) is 4.79 Å². The topological polar surface area (TPSA) is 47.9 Å². The number of anilines is 1. The number of para-hydroxylation sites is 1. The molecule has 1 aromatic rings. The maximum absolute atomic E-state index is 12.0. The Morgan fingerprint density at radius 2 is 1.85 bits per heavy atom. The zero-order valence-electron chi connectivity index (χ0n) is 12.6. The van der Waals surface area contributed by atoms with Crippen LogP contribution in [0.25, 0.3) is 0 Å². The van der Waals surface area contributed by atoms with Gasteiger partial charge in [0.1, 0.15) is 0 Å². The highest BCUT2D eigenvalue weighted by atomic mass is 16.2. The molecule has 1 N–H and O–H groups in total. The Morgan fingerprint density at radius 1 is 1.20 bits per heavy atom. The molecule has 2 rings (SSSR count). The molecule has 0 radical (unpaired) electrons. The lowest BCUT2D eigenvalue weighted by atomic mass is 9.97. The standard InChI is InChI=1S/C15H22N4O/c1-18(2)15(19(3)4)16-10-9-12-11-7-5-6-8-13(11)17-14(12)20/h5-8,12H,9-10H2,1-4H3,(H,17,20). The molecule has 0 saturated heterocycles. The first kappa shape index (κ1) is 14.4. The number of carbonyl (C=O) groups is 1. The summed E-state index contributed by atoms with van der Waals surface area (Å²) in [5, 5.41) is 2.92. The zero-order valence-corrected chi connectivity index (χ0v) is 12.6. The van der Waals surface area contributed by atoms with Crippen LogP contribution < -0.4 is 5.32 Å². The largest absolute Gasteiger partial charge is 0.349 e. The van der Waals surface area contributed by atoms with Gasteiger partial charge in [0.05, 0.1) is 5.92 Å². The average molecular weight is 274 g/mol. The van der Waals surface area contributed by atoms with Crippen molar-refractivity contribution >= 4 is 17.6 Å². The Hall–Kier alpha value is -2.04. The van der Waals surface area contributed by atoms with Crippen LogP contribution in [-0.4, -0.2) is 56.4 Å². The second-order valence-electron chi connectivity index (χ2n) is 5.39. The van der Waals surface area contributed by atoms with Gasteiger partial charge in [-0.25, -0.2) is 0 Å². The van der Waals surface area contributed by atoms with E-state index in [0.717, 1.165) is 23.6 Å². The molecule has 0 bridgehead atoms. The van der Waals surface area contributed by atoms with Gasteiger partial charge in [0, 0.05) is 40.4 Å². The smallest absolute Gasteiger partial charge is 0.232 e. The van der Waals surface area contributed by atoms with Crippen LogP contribution in [0.3, 0.4) is 0 Å². The summed E-state index contributed by atoms with van der Waals surface area (Å²) in [5.41, 5.74) is 2.02. The number of carbonyl (C=O) groups excluding carboxylic acids is 1. The Balaban J connectivity index is 2.05. The lowest BCUT2D eigenvalue weighted by molar-refractivity contribution is -0.117. The summed E-state index contributed by atoms with van der Waals surface area (Å²) in [5.74, 6) is 0.912. The zero-order chi connectivity index (χ0) is 14.7. The summed E-state index contributed by atoms with van der Waals surface area (Å²) in [6, 6.07) is 7.87. The maximum atomic E-state index is 12.0.